The van der Waals surface area contributed by atoms with Crippen LogP contribution in [0.1, 0.15) is 79.0 Å². The van der Waals surface area contributed by atoms with E-state index in [-0.39, 0.29) is 23.0 Å². The maximum atomic E-state index is 2.62. The van der Waals surface area contributed by atoms with Crippen molar-refractivity contribution in [3.8, 4) is 22.3 Å². The highest BCUT2D eigenvalue weighted by atomic mass is 32.1. The van der Waals surface area contributed by atoms with Crippen molar-refractivity contribution in [3.63, 3.8) is 0 Å². The molecule has 0 atom stereocenters. The van der Waals surface area contributed by atoms with Gasteiger partial charge in [-0.15, -0.1) is 11.3 Å². The maximum Gasteiger partial charge on any atom is 0.264 e. The Kier molecular flexibility index (Phi) is 9.93. The summed E-state index contributed by atoms with van der Waals surface area (Å²) in [5.41, 5.74) is 18.9. The number of anilines is 6. The quantitative estimate of drug-likeness (QED) is 0.128. The molecular formula is C68H59BN2S. The number of thiophene rings is 1. The highest BCUT2D eigenvalue weighted by molar-refractivity contribution is 7.33. The lowest BCUT2D eigenvalue weighted by Crippen LogP contribution is -2.60. The number of nitrogens with zero attached hydrogens (tertiary/aromatic N) is 2. The molecule has 0 bridgehead atoms. The molecule has 10 aromatic carbocycles. The molecule has 0 radical (unpaired) electrons. The molecule has 0 N–H and O–H groups in total. The van der Waals surface area contributed by atoms with Crippen molar-refractivity contribution >= 4 is 110 Å². The van der Waals surface area contributed by atoms with Crippen LogP contribution in [0.2, 0.25) is 0 Å². The van der Waals surface area contributed by atoms with Crippen LogP contribution < -0.4 is 25.5 Å². The van der Waals surface area contributed by atoms with E-state index >= 15 is 0 Å². The lowest BCUT2D eigenvalue weighted by molar-refractivity contribution is 0.590. The predicted molar refractivity (Wildman–Crippen MR) is 315 cm³/mol. The first-order chi connectivity index (χ1) is 34.6. The van der Waals surface area contributed by atoms with E-state index in [9.17, 15) is 0 Å². The van der Waals surface area contributed by atoms with Gasteiger partial charge < -0.3 is 9.80 Å². The third kappa shape index (κ3) is 6.97. The molecule has 11 aromatic rings. The van der Waals surface area contributed by atoms with E-state index in [0.29, 0.717) is 0 Å². The fourth-order valence-corrected chi connectivity index (χ4v) is 13.2. The summed E-state index contributed by atoms with van der Waals surface area (Å²) in [7, 11) is 0. The van der Waals surface area contributed by atoms with Gasteiger partial charge in [0.2, 0.25) is 0 Å². The van der Waals surface area contributed by atoms with Gasteiger partial charge in [0.15, 0.2) is 0 Å². The van der Waals surface area contributed by atoms with Crippen LogP contribution in [0.25, 0.3) is 64.7 Å². The lowest BCUT2D eigenvalue weighted by Gasteiger charge is -2.44. The van der Waals surface area contributed by atoms with Gasteiger partial charge in [0, 0.05) is 43.2 Å². The number of rotatable bonds is 4. The van der Waals surface area contributed by atoms with Gasteiger partial charge >= 0.3 is 0 Å². The van der Waals surface area contributed by atoms with Crippen LogP contribution in [0.5, 0.6) is 0 Å². The molecule has 72 heavy (non-hydrogen) atoms. The first-order valence-electron chi connectivity index (χ1n) is 25.7. The summed E-state index contributed by atoms with van der Waals surface area (Å²) in [6.45, 7) is 20.9. The van der Waals surface area contributed by atoms with Gasteiger partial charge in [-0.2, -0.15) is 0 Å². The molecule has 0 spiro atoms. The van der Waals surface area contributed by atoms with Crippen LogP contribution in [-0.2, 0) is 16.2 Å². The Morgan fingerprint density at radius 2 is 0.889 bits per heavy atom. The zero-order valence-corrected chi connectivity index (χ0v) is 43.7. The van der Waals surface area contributed by atoms with Crippen LogP contribution in [0.15, 0.2) is 194 Å². The standard InChI is InChI=1S/C68H59BN2S/c1-66(2,3)45-31-28-42(29-32-45)49-20-14-15-25-58(49)71-59-36-33-47(68(7,8)9)41-57(59)69-63-60(26-17-27-61(63)71)70(64-56-40-46(67(4,5)6)34-37-62(56)72-65(64)69)48-19-16-18-43(38-48)44-30-35-54-52-23-11-10-21-50(52)51-22-12-13-24-53(51)55(54)39-44/h10-41H,1-9H3. The van der Waals surface area contributed by atoms with Crippen molar-refractivity contribution in [1.82, 2.24) is 0 Å². The van der Waals surface area contributed by atoms with Crippen LogP contribution in [0, 0.1) is 0 Å². The van der Waals surface area contributed by atoms with Crippen molar-refractivity contribution in [1.29, 1.82) is 0 Å². The third-order valence-corrected chi connectivity index (χ3v) is 16.9. The molecular weight excluding hydrogens is 888 g/mol. The van der Waals surface area contributed by atoms with Crippen LogP contribution in [0.4, 0.5) is 34.1 Å². The van der Waals surface area contributed by atoms with Crippen LogP contribution in [-0.4, -0.2) is 6.71 Å². The summed E-state index contributed by atoms with van der Waals surface area (Å²) in [4.78, 5) is 5.20. The fourth-order valence-electron chi connectivity index (χ4n) is 11.9. The van der Waals surface area contributed by atoms with Crippen LogP contribution in [0.3, 0.4) is 0 Å². The SMILES string of the molecule is CC(C)(C)c1ccc(-c2ccccc2N2c3ccc(C(C)(C)C)cc3B3c4sc5ccc(C(C)(C)C)cc5c4N(c4cccc(-c5ccc6c7ccccc7c7ccccc7c6c5)c4)c4cccc2c43)cc1. The van der Waals surface area contributed by atoms with E-state index in [4.69, 9.17) is 0 Å². The van der Waals surface area contributed by atoms with Crippen LogP contribution >= 0.6 is 11.3 Å². The largest absolute Gasteiger partial charge is 0.311 e. The van der Waals surface area contributed by atoms with Gasteiger partial charge in [0.25, 0.3) is 6.71 Å². The number of benzene rings is 10. The third-order valence-electron chi connectivity index (χ3n) is 15.7. The number of hydrogen-bond donors (Lipinski definition) is 0. The Balaban J connectivity index is 1.06. The molecule has 13 rings (SSSR count). The lowest BCUT2D eigenvalue weighted by atomic mass is 9.36. The first-order valence-corrected chi connectivity index (χ1v) is 26.5. The molecule has 0 amide bonds. The molecule has 0 unspecified atom stereocenters. The van der Waals surface area contributed by atoms with E-state index < -0.39 is 0 Å². The van der Waals surface area contributed by atoms with Gasteiger partial charge in [-0.3, -0.25) is 0 Å². The minimum Gasteiger partial charge on any atom is -0.311 e. The Labute approximate surface area is 429 Å². The van der Waals surface area contributed by atoms with E-state index in [1.54, 1.807) is 0 Å². The highest BCUT2D eigenvalue weighted by Gasteiger charge is 2.46. The molecule has 0 fully saturated rings. The number of fused-ring (bicyclic) bond motifs is 12. The summed E-state index contributed by atoms with van der Waals surface area (Å²) < 4.78 is 2.71. The Hall–Kier alpha value is -7.40. The Bertz CT molecular complexity index is 3970. The molecule has 4 heteroatoms. The van der Waals surface area contributed by atoms with Gasteiger partial charge in [0.05, 0.1) is 11.4 Å². The molecule has 2 aliphatic heterocycles. The molecule has 2 aliphatic rings. The molecule has 0 saturated heterocycles. The zero-order chi connectivity index (χ0) is 49.4. The second-order valence-electron chi connectivity index (χ2n) is 23.4. The molecule has 3 heterocycles. The average Bonchev–Trinajstić information content (AvgIpc) is 3.76. The predicted octanol–water partition coefficient (Wildman–Crippen LogP) is 17.7. The van der Waals surface area contributed by atoms with Crippen molar-refractivity contribution in [3.05, 3.63) is 211 Å². The summed E-state index contributed by atoms with van der Waals surface area (Å²) >= 11 is 1.98. The van der Waals surface area contributed by atoms with Gasteiger partial charge in [-0.1, -0.05) is 202 Å². The van der Waals surface area contributed by atoms with E-state index in [2.05, 4.69) is 266 Å². The molecule has 0 aliphatic carbocycles. The number of para-hydroxylation sites is 1. The van der Waals surface area contributed by atoms with Gasteiger partial charge in [-0.25, -0.2) is 0 Å². The monoisotopic (exact) mass is 946 g/mol. The van der Waals surface area contributed by atoms with E-state index in [0.717, 1.165) is 5.69 Å². The highest BCUT2D eigenvalue weighted by Crippen LogP contribution is 2.50. The van der Waals surface area contributed by atoms with Gasteiger partial charge in [-0.05, 0) is 147 Å². The van der Waals surface area contributed by atoms with Crippen molar-refractivity contribution in [2.45, 2.75) is 78.6 Å². The smallest absolute Gasteiger partial charge is 0.264 e. The zero-order valence-electron chi connectivity index (χ0n) is 42.9. The molecule has 350 valence electrons. The average molecular weight is 947 g/mol. The molecule has 1 aromatic heterocycles. The second kappa shape index (κ2) is 16.1. The summed E-state index contributed by atoms with van der Waals surface area (Å²) in [5, 5.41) is 9.05. The Morgan fingerprint density at radius 1 is 0.361 bits per heavy atom. The molecule has 0 saturated carbocycles. The first kappa shape index (κ1) is 44.5. The maximum absolute atomic E-state index is 2.62. The normalized spacial score (nSPS) is 13.5. The summed E-state index contributed by atoms with van der Waals surface area (Å²) in [6, 6.07) is 74.1. The fraction of sp³-hybridized carbons (Fsp3) is 0.176. The van der Waals surface area contributed by atoms with Crippen molar-refractivity contribution in [2.75, 3.05) is 9.80 Å². The summed E-state index contributed by atoms with van der Waals surface area (Å²) in [5.74, 6) is 0. The van der Waals surface area contributed by atoms with E-state index in [1.807, 2.05) is 11.3 Å². The number of hydrogen-bond acceptors (Lipinski definition) is 3. The topological polar surface area (TPSA) is 6.48 Å². The van der Waals surface area contributed by atoms with E-state index in [1.165, 1.54) is 125 Å². The van der Waals surface area contributed by atoms with Crippen molar-refractivity contribution < 1.29 is 0 Å². The Morgan fingerprint density at radius 3 is 1.57 bits per heavy atom. The summed E-state index contributed by atoms with van der Waals surface area (Å²) in [6.07, 6.45) is 0. The minimum absolute atomic E-state index is 0.0148. The molecule has 2 nitrogen and oxygen atoms in total. The minimum atomic E-state index is -0.0414. The van der Waals surface area contributed by atoms with Crippen molar-refractivity contribution in [2.24, 2.45) is 0 Å². The second-order valence-corrected chi connectivity index (χ2v) is 24.4. The van der Waals surface area contributed by atoms with Gasteiger partial charge in [0.1, 0.15) is 0 Å².